The summed E-state index contributed by atoms with van der Waals surface area (Å²) >= 11 is 0. The van der Waals surface area contributed by atoms with Gasteiger partial charge in [0.2, 0.25) is 0 Å². The Morgan fingerprint density at radius 3 is 1.63 bits per heavy atom. The van der Waals surface area contributed by atoms with Gasteiger partial charge in [0.05, 0.1) is 0 Å². The smallest absolute Gasteiger partial charge is 0.148 e. The topological polar surface area (TPSA) is 0 Å². The molecule has 0 saturated heterocycles. The summed E-state index contributed by atoms with van der Waals surface area (Å²) in [5.41, 5.74) is 0. The third-order valence-electron chi connectivity index (χ3n) is 3.47. The molecule has 0 aromatic heterocycles. The molecule has 0 radical (unpaired) electrons. The lowest BCUT2D eigenvalue weighted by Crippen LogP contribution is -2.27. The van der Waals surface area contributed by atoms with E-state index in [-0.39, 0.29) is 7.80 Å². The standard InChI is InChI=1S/C15H36B2P2/c1-13(2)12-18(9)16-10-11-17-19(14(3,4)5)15(6,7)8/h13,16-17H,10-12H2,1-9H3. The summed E-state index contributed by atoms with van der Waals surface area (Å²) in [6.07, 6.45) is 4.37. The minimum atomic E-state index is 0.117. The van der Waals surface area contributed by atoms with E-state index in [1.54, 1.807) is 0 Å². The molecular weight excluding hydrogens is 264 g/mol. The molecule has 1 unspecified atom stereocenters. The molecule has 0 spiro atoms. The maximum Gasteiger partial charge on any atom is 0.153 e. The van der Waals surface area contributed by atoms with Crippen molar-refractivity contribution in [2.75, 3.05) is 12.8 Å². The second kappa shape index (κ2) is 8.44. The van der Waals surface area contributed by atoms with Crippen molar-refractivity contribution in [1.82, 2.24) is 0 Å². The SMILES string of the molecule is CC(C)CP(C)BCCBP(C(C)(C)C)C(C)(C)C. The van der Waals surface area contributed by atoms with Crippen LogP contribution in [0.3, 0.4) is 0 Å². The molecule has 19 heavy (non-hydrogen) atoms. The predicted octanol–water partition coefficient (Wildman–Crippen LogP) is 5.37. The van der Waals surface area contributed by atoms with E-state index >= 15 is 0 Å². The van der Waals surface area contributed by atoms with E-state index in [9.17, 15) is 0 Å². The van der Waals surface area contributed by atoms with Crippen molar-refractivity contribution in [3.05, 3.63) is 0 Å². The molecule has 0 amide bonds. The van der Waals surface area contributed by atoms with Crippen molar-refractivity contribution < 1.29 is 0 Å². The van der Waals surface area contributed by atoms with E-state index in [0.717, 1.165) is 5.92 Å². The van der Waals surface area contributed by atoms with Crippen molar-refractivity contribution in [2.45, 2.75) is 78.3 Å². The summed E-state index contributed by atoms with van der Waals surface area (Å²) in [7, 11) is 0.417. The Labute approximate surface area is 127 Å². The van der Waals surface area contributed by atoms with Crippen LogP contribution in [0.25, 0.3) is 0 Å². The van der Waals surface area contributed by atoms with Gasteiger partial charge in [-0.2, -0.15) is 0 Å². The van der Waals surface area contributed by atoms with E-state index < -0.39 is 0 Å². The van der Waals surface area contributed by atoms with Crippen LogP contribution in [0.15, 0.2) is 0 Å². The minimum Gasteiger partial charge on any atom is -0.148 e. The Bertz CT molecular complexity index is 228. The second-order valence-electron chi connectivity index (χ2n) is 8.36. The summed E-state index contributed by atoms with van der Waals surface area (Å²) in [6.45, 7) is 24.8. The molecule has 1 atom stereocenters. The Kier molecular flexibility index (Phi) is 8.88. The molecule has 0 aliphatic heterocycles. The fourth-order valence-electron chi connectivity index (χ4n) is 3.04. The largest absolute Gasteiger partial charge is 0.153 e. The molecule has 112 valence electrons. The molecule has 0 rings (SSSR count). The number of rotatable bonds is 7. The molecule has 0 aliphatic carbocycles. The Hall–Kier alpha value is 0.990. The fourth-order valence-corrected chi connectivity index (χ4v) is 9.13. The lowest BCUT2D eigenvalue weighted by molar-refractivity contribution is 0.718. The molecule has 0 aliphatic rings. The molecular formula is C15H36B2P2. The average molecular weight is 300 g/mol. The molecule has 0 bridgehead atoms. The zero-order valence-electron chi connectivity index (χ0n) is 15.0. The van der Waals surface area contributed by atoms with E-state index in [2.05, 4.69) is 62.1 Å². The third-order valence-corrected chi connectivity index (χ3v) is 9.90. The van der Waals surface area contributed by atoms with Gasteiger partial charge in [-0.15, -0.1) is 15.6 Å². The van der Waals surface area contributed by atoms with Crippen molar-refractivity contribution in [1.29, 1.82) is 0 Å². The van der Waals surface area contributed by atoms with Crippen LogP contribution in [0, 0.1) is 5.92 Å². The van der Waals surface area contributed by atoms with Crippen LogP contribution < -0.4 is 0 Å². The highest BCUT2D eigenvalue weighted by Gasteiger charge is 2.33. The quantitative estimate of drug-likeness (QED) is 0.337. The first-order valence-corrected chi connectivity index (χ1v) is 11.6. The van der Waals surface area contributed by atoms with E-state index in [4.69, 9.17) is 0 Å². The van der Waals surface area contributed by atoms with Crippen molar-refractivity contribution in [3.63, 3.8) is 0 Å². The zero-order valence-corrected chi connectivity index (χ0v) is 16.8. The lowest BCUT2D eigenvalue weighted by Gasteiger charge is -2.42. The average Bonchev–Trinajstić information content (AvgIpc) is 2.11. The van der Waals surface area contributed by atoms with E-state index in [0.29, 0.717) is 18.1 Å². The summed E-state index contributed by atoms with van der Waals surface area (Å²) in [5.74, 6) is 0.886. The van der Waals surface area contributed by atoms with Gasteiger partial charge in [-0.25, -0.2) is 0 Å². The van der Waals surface area contributed by atoms with Gasteiger partial charge < -0.3 is 0 Å². The van der Waals surface area contributed by atoms with Crippen molar-refractivity contribution in [3.8, 4) is 0 Å². The number of hydrogen-bond donors (Lipinski definition) is 0. The van der Waals surface area contributed by atoms with Crippen LogP contribution in [0.4, 0.5) is 0 Å². The van der Waals surface area contributed by atoms with E-state index in [1.807, 2.05) is 0 Å². The van der Waals surface area contributed by atoms with Crippen LogP contribution in [0.2, 0.25) is 12.6 Å². The van der Waals surface area contributed by atoms with Crippen molar-refractivity contribution >= 4 is 29.6 Å². The van der Waals surface area contributed by atoms with Crippen LogP contribution in [0.5, 0.6) is 0 Å². The van der Waals surface area contributed by atoms with Crippen LogP contribution in [-0.2, 0) is 0 Å². The molecule has 0 nitrogen and oxygen atoms in total. The third kappa shape index (κ3) is 9.52. The Morgan fingerprint density at radius 1 is 0.842 bits per heavy atom. The molecule has 0 fully saturated rings. The van der Waals surface area contributed by atoms with Crippen LogP contribution in [0.1, 0.15) is 55.4 Å². The van der Waals surface area contributed by atoms with Crippen LogP contribution >= 0.6 is 15.6 Å². The lowest BCUT2D eigenvalue weighted by atomic mass is 9.88. The minimum absolute atomic E-state index is 0.117. The highest BCUT2D eigenvalue weighted by Crippen LogP contribution is 2.58. The summed E-state index contributed by atoms with van der Waals surface area (Å²) in [5, 5.41) is 1.00. The van der Waals surface area contributed by atoms with Gasteiger partial charge in [0, 0.05) is 0 Å². The predicted molar refractivity (Wildman–Crippen MR) is 103 cm³/mol. The highest BCUT2D eigenvalue weighted by atomic mass is 31.1. The normalized spacial score (nSPS) is 14.9. The molecule has 0 saturated carbocycles. The summed E-state index contributed by atoms with van der Waals surface area (Å²) < 4.78 is 0. The molecule has 0 N–H and O–H groups in total. The maximum atomic E-state index is 2.49. The highest BCUT2D eigenvalue weighted by molar-refractivity contribution is 7.88. The monoisotopic (exact) mass is 300 g/mol. The number of hydrogen-bond acceptors (Lipinski definition) is 0. The van der Waals surface area contributed by atoms with Gasteiger partial charge in [0.1, 0.15) is 0 Å². The molecule has 0 heterocycles. The van der Waals surface area contributed by atoms with Gasteiger partial charge in [-0.1, -0.05) is 74.7 Å². The van der Waals surface area contributed by atoms with Gasteiger partial charge >= 0.3 is 0 Å². The van der Waals surface area contributed by atoms with Gasteiger partial charge in [0.15, 0.2) is 14.0 Å². The fraction of sp³-hybridized carbons (Fsp3) is 1.00. The Morgan fingerprint density at radius 2 is 1.26 bits per heavy atom. The van der Waals surface area contributed by atoms with Gasteiger partial charge in [-0.3, -0.25) is 0 Å². The Balaban J connectivity index is 4.09. The second-order valence-corrected chi connectivity index (χ2v) is 14.9. The molecule has 4 heteroatoms. The van der Waals surface area contributed by atoms with Gasteiger partial charge in [-0.05, 0) is 22.4 Å². The zero-order chi connectivity index (χ0) is 15.3. The summed E-state index contributed by atoms with van der Waals surface area (Å²) in [4.78, 5) is 0. The van der Waals surface area contributed by atoms with Crippen LogP contribution in [-0.4, -0.2) is 37.1 Å². The van der Waals surface area contributed by atoms with E-state index in [1.165, 1.54) is 32.8 Å². The van der Waals surface area contributed by atoms with Crippen molar-refractivity contribution in [2.24, 2.45) is 5.92 Å². The molecule has 0 aromatic rings. The van der Waals surface area contributed by atoms with Gasteiger partial charge in [0.25, 0.3) is 0 Å². The maximum absolute atomic E-state index is 2.49. The first-order valence-electron chi connectivity index (χ1n) is 7.91. The first kappa shape index (κ1) is 20.0. The summed E-state index contributed by atoms with van der Waals surface area (Å²) in [6, 6.07) is 0. The molecule has 0 aromatic carbocycles. The first-order chi connectivity index (χ1) is 8.44.